The van der Waals surface area contributed by atoms with Crippen LogP contribution in [0.4, 0.5) is 13.2 Å². The molecule has 2 aliphatic rings. The highest BCUT2D eigenvalue weighted by Gasteiger charge is 2.48. The lowest BCUT2D eigenvalue weighted by atomic mass is 9.88. The molecular formula is C20H29F3N4O6. The Morgan fingerprint density at radius 3 is 2.33 bits per heavy atom. The Morgan fingerprint density at radius 2 is 1.85 bits per heavy atom. The van der Waals surface area contributed by atoms with Gasteiger partial charge in [0, 0.05) is 58.5 Å². The van der Waals surface area contributed by atoms with Crippen molar-refractivity contribution in [3.8, 4) is 0 Å². The topological polar surface area (TPSA) is 114 Å². The lowest BCUT2D eigenvalue weighted by Gasteiger charge is -2.46. The number of rotatable bonds is 5. The number of methoxy groups -OCH3 is 1. The largest absolute Gasteiger partial charge is 0.490 e. The molecule has 10 nitrogen and oxygen atoms in total. The second kappa shape index (κ2) is 11.0. The Balaban J connectivity index is 0.000000479. The number of carboxylic acid groups (broad SMARTS) is 1. The number of amides is 2. The van der Waals surface area contributed by atoms with Gasteiger partial charge in [-0.15, -0.1) is 0 Å². The van der Waals surface area contributed by atoms with Crippen LogP contribution in [0.2, 0.25) is 0 Å². The Morgan fingerprint density at radius 1 is 1.27 bits per heavy atom. The number of aliphatic carboxylic acids is 1. The van der Waals surface area contributed by atoms with Crippen LogP contribution >= 0.6 is 0 Å². The molecule has 1 spiro atoms. The van der Waals surface area contributed by atoms with Crippen LogP contribution in [0, 0.1) is 0 Å². The first-order valence-electron chi connectivity index (χ1n) is 10.5. The molecule has 1 unspecified atom stereocenters. The van der Waals surface area contributed by atoms with Gasteiger partial charge < -0.3 is 28.9 Å². The average molecular weight is 478 g/mol. The number of aromatic nitrogens is 2. The third-order valence-corrected chi connectivity index (χ3v) is 5.64. The van der Waals surface area contributed by atoms with E-state index in [0.717, 1.165) is 5.82 Å². The van der Waals surface area contributed by atoms with Crippen LogP contribution in [-0.2, 0) is 36.0 Å². The summed E-state index contributed by atoms with van der Waals surface area (Å²) in [5.41, 5.74) is -0.612. The fourth-order valence-corrected chi connectivity index (χ4v) is 3.94. The summed E-state index contributed by atoms with van der Waals surface area (Å²) in [4.78, 5) is 41.9. The van der Waals surface area contributed by atoms with E-state index in [9.17, 15) is 22.8 Å². The summed E-state index contributed by atoms with van der Waals surface area (Å²) in [5.74, 6) is -1.89. The van der Waals surface area contributed by atoms with E-state index in [1.54, 1.807) is 16.0 Å². The molecular weight excluding hydrogens is 449 g/mol. The molecule has 1 saturated heterocycles. The van der Waals surface area contributed by atoms with Gasteiger partial charge in [-0.2, -0.15) is 13.2 Å². The molecule has 1 fully saturated rings. The van der Waals surface area contributed by atoms with Gasteiger partial charge in [-0.25, -0.2) is 9.78 Å². The predicted molar refractivity (Wildman–Crippen MR) is 108 cm³/mol. The average Bonchev–Trinajstić information content (AvgIpc) is 3.25. The second-order valence-electron chi connectivity index (χ2n) is 7.63. The summed E-state index contributed by atoms with van der Waals surface area (Å²) in [5, 5.41) is 7.12. The number of fused-ring (bicyclic) bond motifs is 2. The van der Waals surface area contributed by atoms with Crippen molar-refractivity contribution in [3.05, 3.63) is 18.2 Å². The van der Waals surface area contributed by atoms with E-state index in [4.69, 9.17) is 19.4 Å². The Labute approximate surface area is 189 Å². The standard InChI is InChI=1S/C18H28N4O4.C2HF3O2/c1-4-20(5-2)16(24)14-12-22-11-8-19-17(22)18(26-14)6-9-21(10-7-18)15(23)13-25-3;3-2(4,5)1(6)7/h8,11,14H,4-7,9-10,12-13H2,1-3H3;(H,6,7). The number of imidazole rings is 1. The highest BCUT2D eigenvalue weighted by atomic mass is 19.4. The molecule has 33 heavy (non-hydrogen) atoms. The smallest absolute Gasteiger partial charge is 0.475 e. The summed E-state index contributed by atoms with van der Waals surface area (Å²) < 4.78 is 45.1. The van der Waals surface area contributed by atoms with Crippen molar-refractivity contribution in [1.82, 2.24) is 19.4 Å². The zero-order chi connectivity index (χ0) is 24.8. The van der Waals surface area contributed by atoms with Gasteiger partial charge in [0.25, 0.3) is 5.91 Å². The van der Waals surface area contributed by atoms with Crippen molar-refractivity contribution in [2.24, 2.45) is 0 Å². The number of likely N-dealkylation sites (tertiary alicyclic amines) is 1. The van der Waals surface area contributed by atoms with Crippen LogP contribution < -0.4 is 0 Å². The van der Waals surface area contributed by atoms with Gasteiger partial charge in [0.05, 0.1) is 6.54 Å². The number of nitrogens with zero attached hydrogens (tertiary/aromatic N) is 4. The minimum absolute atomic E-state index is 0.0164. The number of halogens is 3. The maximum Gasteiger partial charge on any atom is 0.490 e. The van der Waals surface area contributed by atoms with Gasteiger partial charge in [-0.05, 0) is 13.8 Å². The summed E-state index contributed by atoms with van der Waals surface area (Å²) in [6.45, 7) is 6.99. The van der Waals surface area contributed by atoms with Crippen molar-refractivity contribution < 1.29 is 42.1 Å². The van der Waals surface area contributed by atoms with E-state index in [1.165, 1.54) is 7.11 Å². The summed E-state index contributed by atoms with van der Waals surface area (Å²) in [7, 11) is 1.52. The van der Waals surface area contributed by atoms with E-state index in [1.807, 2.05) is 24.6 Å². The van der Waals surface area contributed by atoms with Gasteiger partial charge in [0.1, 0.15) is 18.0 Å². The molecule has 2 aliphatic heterocycles. The SMILES string of the molecule is CCN(CC)C(=O)C1Cn2ccnc2C2(CCN(C(=O)COC)CC2)O1.O=C(O)C(F)(F)F. The second-order valence-corrected chi connectivity index (χ2v) is 7.63. The van der Waals surface area contributed by atoms with Crippen LogP contribution in [0.1, 0.15) is 32.5 Å². The van der Waals surface area contributed by atoms with Crippen molar-refractivity contribution in [3.63, 3.8) is 0 Å². The highest BCUT2D eigenvalue weighted by molar-refractivity contribution is 5.81. The van der Waals surface area contributed by atoms with Gasteiger partial charge in [-0.1, -0.05) is 0 Å². The number of carbonyl (C=O) groups excluding carboxylic acids is 2. The molecule has 186 valence electrons. The molecule has 0 saturated carbocycles. The minimum Gasteiger partial charge on any atom is -0.475 e. The quantitative estimate of drug-likeness (QED) is 0.678. The van der Waals surface area contributed by atoms with E-state index in [-0.39, 0.29) is 18.4 Å². The van der Waals surface area contributed by atoms with Crippen molar-refractivity contribution >= 4 is 17.8 Å². The lowest BCUT2D eigenvalue weighted by molar-refractivity contribution is -0.192. The Kier molecular flexibility index (Phi) is 8.83. The van der Waals surface area contributed by atoms with Gasteiger partial charge in [0.2, 0.25) is 5.91 Å². The zero-order valence-corrected chi connectivity index (χ0v) is 18.8. The van der Waals surface area contributed by atoms with Gasteiger partial charge in [-0.3, -0.25) is 9.59 Å². The molecule has 0 radical (unpaired) electrons. The van der Waals surface area contributed by atoms with Crippen LogP contribution in [0.15, 0.2) is 12.4 Å². The maximum atomic E-state index is 12.9. The minimum atomic E-state index is -5.08. The summed E-state index contributed by atoms with van der Waals surface area (Å²) >= 11 is 0. The molecule has 13 heteroatoms. The van der Waals surface area contributed by atoms with Gasteiger partial charge >= 0.3 is 12.1 Å². The van der Waals surface area contributed by atoms with Gasteiger partial charge in [0.15, 0.2) is 6.10 Å². The summed E-state index contributed by atoms with van der Waals surface area (Å²) in [6, 6.07) is 0. The number of likely N-dealkylation sites (N-methyl/N-ethyl adjacent to an activating group) is 1. The number of ether oxygens (including phenoxy) is 2. The van der Waals surface area contributed by atoms with E-state index in [2.05, 4.69) is 4.98 Å². The van der Waals surface area contributed by atoms with E-state index in [0.29, 0.717) is 45.6 Å². The van der Waals surface area contributed by atoms with E-state index >= 15 is 0 Å². The zero-order valence-electron chi connectivity index (χ0n) is 18.8. The first-order chi connectivity index (χ1) is 15.5. The number of hydrogen-bond donors (Lipinski definition) is 1. The molecule has 0 aromatic carbocycles. The van der Waals surface area contributed by atoms with Crippen LogP contribution in [0.25, 0.3) is 0 Å². The van der Waals surface area contributed by atoms with Crippen molar-refractivity contribution in [1.29, 1.82) is 0 Å². The molecule has 0 aliphatic carbocycles. The normalized spacial score (nSPS) is 19.3. The number of carbonyl (C=O) groups is 3. The predicted octanol–water partition coefficient (Wildman–Crippen LogP) is 1.25. The van der Waals surface area contributed by atoms with Crippen molar-refractivity contribution in [2.45, 2.75) is 51.1 Å². The Hall–Kier alpha value is -2.67. The fraction of sp³-hybridized carbons (Fsp3) is 0.700. The molecule has 3 heterocycles. The molecule has 3 rings (SSSR count). The monoisotopic (exact) mass is 478 g/mol. The maximum absolute atomic E-state index is 12.9. The van der Waals surface area contributed by atoms with Crippen molar-refractivity contribution in [2.75, 3.05) is 39.9 Å². The molecule has 1 aromatic rings. The van der Waals surface area contributed by atoms with Crippen LogP contribution in [0.5, 0.6) is 0 Å². The first kappa shape index (κ1) is 26.6. The molecule has 0 bridgehead atoms. The fourth-order valence-electron chi connectivity index (χ4n) is 3.94. The van der Waals surface area contributed by atoms with Crippen LogP contribution in [0.3, 0.4) is 0 Å². The number of alkyl halides is 3. The molecule has 1 aromatic heterocycles. The highest BCUT2D eigenvalue weighted by Crippen LogP contribution is 2.40. The number of hydrogen-bond acceptors (Lipinski definition) is 6. The first-order valence-corrected chi connectivity index (χ1v) is 10.5. The Bertz CT molecular complexity index is 832. The van der Waals surface area contributed by atoms with Crippen LogP contribution in [-0.4, -0.2) is 94.4 Å². The molecule has 1 N–H and O–H groups in total. The van der Waals surface area contributed by atoms with E-state index < -0.39 is 23.9 Å². The number of carboxylic acids is 1. The summed E-state index contributed by atoms with van der Waals surface area (Å²) in [6.07, 6.45) is -0.682. The number of piperidine rings is 1. The molecule has 1 atom stereocenters. The lowest BCUT2D eigenvalue weighted by Crippen LogP contribution is -2.55. The third-order valence-electron chi connectivity index (χ3n) is 5.64. The molecule has 2 amide bonds. The third kappa shape index (κ3) is 6.22.